The molecule has 25 heavy (non-hydrogen) atoms. The summed E-state index contributed by atoms with van der Waals surface area (Å²) in [5, 5.41) is 8.15. The highest BCUT2D eigenvalue weighted by molar-refractivity contribution is 7.13. The molecule has 7 nitrogen and oxygen atoms in total. The highest BCUT2D eigenvalue weighted by atomic mass is 32.1. The van der Waals surface area contributed by atoms with Gasteiger partial charge in [0.05, 0.1) is 12.2 Å². The van der Waals surface area contributed by atoms with Gasteiger partial charge in [-0.15, -0.1) is 11.3 Å². The summed E-state index contributed by atoms with van der Waals surface area (Å²) >= 11 is 1.51. The van der Waals surface area contributed by atoms with Crippen molar-refractivity contribution < 1.29 is 9.59 Å². The molecule has 0 unspecified atom stereocenters. The maximum Gasteiger partial charge on any atom is 0.251 e. The van der Waals surface area contributed by atoms with Crippen LogP contribution < -0.4 is 10.6 Å². The van der Waals surface area contributed by atoms with Gasteiger partial charge in [0.25, 0.3) is 5.91 Å². The molecule has 3 rings (SSSR count). The Hall–Kier alpha value is -3.13. The topological polar surface area (TPSA) is 96.9 Å². The van der Waals surface area contributed by atoms with Crippen molar-refractivity contribution in [2.24, 2.45) is 0 Å². The molecule has 0 radical (unpaired) electrons. The second-order valence-corrected chi connectivity index (χ2v) is 6.03. The molecule has 0 aliphatic carbocycles. The summed E-state index contributed by atoms with van der Waals surface area (Å²) < 4.78 is 0. The maximum atomic E-state index is 12.2. The van der Waals surface area contributed by atoms with Crippen molar-refractivity contribution in [3.05, 3.63) is 59.5 Å². The number of thiazole rings is 1. The minimum absolute atomic E-state index is 0.240. The van der Waals surface area contributed by atoms with Gasteiger partial charge in [0.1, 0.15) is 10.8 Å². The molecular formula is C17H15N5O2S. The average Bonchev–Trinajstić information content (AvgIpc) is 3.09. The summed E-state index contributed by atoms with van der Waals surface area (Å²) in [5.41, 5.74) is 2.19. The van der Waals surface area contributed by atoms with Gasteiger partial charge < -0.3 is 10.6 Å². The van der Waals surface area contributed by atoms with Crippen LogP contribution in [0.1, 0.15) is 23.0 Å². The van der Waals surface area contributed by atoms with Crippen LogP contribution in [-0.2, 0) is 11.3 Å². The third kappa shape index (κ3) is 4.45. The summed E-state index contributed by atoms with van der Waals surface area (Å²) in [4.78, 5) is 35.8. The van der Waals surface area contributed by atoms with E-state index in [1.54, 1.807) is 18.5 Å². The van der Waals surface area contributed by atoms with Crippen molar-refractivity contribution in [1.82, 2.24) is 20.3 Å². The van der Waals surface area contributed by atoms with E-state index in [0.29, 0.717) is 17.9 Å². The summed E-state index contributed by atoms with van der Waals surface area (Å²) in [6.45, 7) is 1.70. The molecule has 8 heteroatoms. The minimum atomic E-state index is -0.257. The Kier molecular flexibility index (Phi) is 5.10. The Morgan fingerprint density at radius 3 is 2.72 bits per heavy atom. The van der Waals surface area contributed by atoms with Crippen LogP contribution in [0.2, 0.25) is 0 Å². The average molecular weight is 353 g/mol. The van der Waals surface area contributed by atoms with Crippen LogP contribution in [0.15, 0.2) is 48.2 Å². The van der Waals surface area contributed by atoms with Crippen LogP contribution in [0.25, 0.3) is 10.6 Å². The number of anilines is 1. The van der Waals surface area contributed by atoms with Crippen molar-refractivity contribution in [3.63, 3.8) is 0 Å². The Morgan fingerprint density at radius 1 is 1.16 bits per heavy atom. The van der Waals surface area contributed by atoms with E-state index in [1.807, 2.05) is 17.5 Å². The molecular weight excluding hydrogens is 338 g/mol. The quantitative estimate of drug-likeness (QED) is 0.734. The lowest BCUT2D eigenvalue weighted by molar-refractivity contribution is -0.114. The monoisotopic (exact) mass is 353 g/mol. The second-order valence-electron chi connectivity index (χ2n) is 5.17. The molecule has 0 aliphatic heterocycles. The first-order chi connectivity index (χ1) is 12.1. The lowest BCUT2D eigenvalue weighted by atomic mass is 10.2. The smallest absolute Gasteiger partial charge is 0.251 e. The number of carbonyl (C=O) groups is 2. The molecule has 0 spiro atoms. The van der Waals surface area contributed by atoms with Crippen LogP contribution in [0.3, 0.4) is 0 Å². The van der Waals surface area contributed by atoms with Gasteiger partial charge in [-0.2, -0.15) is 0 Å². The van der Waals surface area contributed by atoms with Crippen LogP contribution in [0.5, 0.6) is 0 Å². The predicted molar refractivity (Wildman–Crippen MR) is 95.1 cm³/mol. The molecule has 2 N–H and O–H groups in total. The number of aromatic nitrogens is 3. The molecule has 0 fully saturated rings. The fraction of sp³-hybridized carbons (Fsp3) is 0.118. The van der Waals surface area contributed by atoms with Gasteiger partial charge >= 0.3 is 0 Å². The van der Waals surface area contributed by atoms with Crippen LogP contribution in [0, 0.1) is 0 Å². The van der Waals surface area contributed by atoms with E-state index in [2.05, 4.69) is 25.6 Å². The van der Waals surface area contributed by atoms with Gasteiger partial charge in [-0.1, -0.05) is 0 Å². The molecule has 3 aromatic rings. The number of nitrogens with one attached hydrogen (secondary N) is 2. The molecule has 3 heterocycles. The lowest BCUT2D eigenvalue weighted by Gasteiger charge is -2.05. The predicted octanol–water partition coefficient (Wildman–Crippen LogP) is 2.49. The van der Waals surface area contributed by atoms with E-state index in [-0.39, 0.29) is 11.8 Å². The van der Waals surface area contributed by atoms with Gasteiger partial charge in [0.2, 0.25) is 5.91 Å². The molecule has 2 amide bonds. The number of rotatable bonds is 5. The summed E-state index contributed by atoms with van der Waals surface area (Å²) in [5.74, 6) is -0.155. The summed E-state index contributed by atoms with van der Waals surface area (Å²) in [6, 6.07) is 6.90. The Bertz CT molecular complexity index is 895. The van der Waals surface area contributed by atoms with Crippen LogP contribution >= 0.6 is 11.3 Å². The standard InChI is InChI=1S/C17H15N5O2S/c1-11(23)21-15-8-13(4-7-19-15)16(24)20-9-14-10-25-17(22-14)12-2-5-18-6-3-12/h2-8,10H,9H2,1H3,(H,20,24)(H,19,21,23). The highest BCUT2D eigenvalue weighted by Gasteiger charge is 2.09. The molecule has 0 aliphatic rings. The second kappa shape index (κ2) is 7.63. The molecule has 0 saturated heterocycles. The number of pyridine rings is 2. The van der Waals surface area contributed by atoms with E-state index in [1.165, 1.54) is 30.5 Å². The fourth-order valence-corrected chi connectivity index (χ4v) is 2.93. The van der Waals surface area contributed by atoms with Gasteiger partial charge in [-0.05, 0) is 24.3 Å². The van der Waals surface area contributed by atoms with E-state index >= 15 is 0 Å². The number of carbonyl (C=O) groups excluding carboxylic acids is 2. The zero-order chi connectivity index (χ0) is 17.6. The Labute approximate surface area is 148 Å². The van der Waals surface area contributed by atoms with E-state index in [0.717, 1.165) is 16.3 Å². The minimum Gasteiger partial charge on any atom is -0.346 e. The molecule has 0 atom stereocenters. The Morgan fingerprint density at radius 2 is 1.96 bits per heavy atom. The Balaban J connectivity index is 1.63. The van der Waals surface area contributed by atoms with Crippen LogP contribution in [0.4, 0.5) is 5.82 Å². The largest absolute Gasteiger partial charge is 0.346 e. The lowest BCUT2D eigenvalue weighted by Crippen LogP contribution is -2.23. The molecule has 0 aromatic carbocycles. The van der Waals surface area contributed by atoms with Gasteiger partial charge in [-0.3, -0.25) is 14.6 Å². The van der Waals surface area contributed by atoms with Crippen LogP contribution in [-0.4, -0.2) is 26.8 Å². The molecule has 0 saturated carbocycles. The van der Waals surface area contributed by atoms with Gasteiger partial charge in [0.15, 0.2) is 0 Å². The number of amides is 2. The highest BCUT2D eigenvalue weighted by Crippen LogP contribution is 2.22. The molecule has 3 aromatic heterocycles. The number of hydrogen-bond donors (Lipinski definition) is 2. The summed E-state index contributed by atoms with van der Waals surface area (Å²) in [7, 11) is 0. The zero-order valence-corrected chi connectivity index (χ0v) is 14.2. The first-order valence-corrected chi connectivity index (χ1v) is 8.36. The van der Waals surface area contributed by atoms with Crippen molar-refractivity contribution >= 4 is 29.0 Å². The van der Waals surface area contributed by atoms with Gasteiger partial charge in [-0.25, -0.2) is 9.97 Å². The van der Waals surface area contributed by atoms with Crippen molar-refractivity contribution in [3.8, 4) is 10.6 Å². The SMILES string of the molecule is CC(=O)Nc1cc(C(=O)NCc2csc(-c3ccncc3)n2)ccn1. The first kappa shape index (κ1) is 16.7. The third-order valence-corrected chi connectivity index (χ3v) is 4.18. The van der Waals surface area contributed by atoms with Crippen molar-refractivity contribution in [2.45, 2.75) is 13.5 Å². The fourth-order valence-electron chi connectivity index (χ4n) is 2.11. The number of hydrogen-bond acceptors (Lipinski definition) is 6. The maximum absolute atomic E-state index is 12.2. The number of nitrogens with zero attached hydrogens (tertiary/aromatic N) is 3. The first-order valence-electron chi connectivity index (χ1n) is 7.48. The van der Waals surface area contributed by atoms with Gasteiger partial charge in [0, 0.05) is 42.0 Å². The van der Waals surface area contributed by atoms with E-state index in [4.69, 9.17) is 0 Å². The van der Waals surface area contributed by atoms with E-state index in [9.17, 15) is 9.59 Å². The van der Waals surface area contributed by atoms with Crippen molar-refractivity contribution in [1.29, 1.82) is 0 Å². The third-order valence-electron chi connectivity index (χ3n) is 3.24. The van der Waals surface area contributed by atoms with Crippen molar-refractivity contribution in [2.75, 3.05) is 5.32 Å². The molecule has 126 valence electrons. The van der Waals surface area contributed by atoms with E-state index < -0.39 is 0 Å². The summed E-state index contributed by atoms with van der Waals surface area (Å²) in [6.07, 6.45) is 4.91. The zero-order valence-electron chi connectivity index (χ0n) is 13.4. The molecule has 0 bridgehead atoms. The normalized spacial score (nSPS) is 10.3.